The van der Waals surface area contributed by atoms with Crippen LogP contribution in [0.2, 0.25) is 0 Å². The van der Waals surface area contributed by atoms with Gasteiger partial charge < -0.3 is 10.5 Å². The largest absolute Gasteiger partial charge is 0.493 e. The van der Waals surface area contributed by atoms with E-state index in [1.165, 1.54) is 5.56 Å². The first-order valence-electron chi connectivity index (χ1n) is 6.13. The summed E-state index contributed by atoms with van der Waals surface area (Å²) in [4.78, 5) is 11.1. The number of carbonyl (C=O) groups is 1. The minimum Gasteiger partial charge on any atom is -0.493 e. The third-order valence-corrected chi connectivity index (χ3v) is 3.31. The van der Waals surface area contributed by atoms with Gasteiger partial charge >= 0.3 is 0 Å². The van der Waals surface area contributed by atoms with Gasteiger partial charge in [-0.25, -0.2) is 0 Å². The zero-order valence-electron chi connectivity index (χ0n) is 10.4. The number of fused-ring (bicyclic) bond motifs is 1. The van der Waals surface area contributed by atoms with Crippen LogP contribution in [0.25, 0.3) is 0 Å². The lowest BCUT2D eigenvalue weighted by atomic mass is 9.87. The minimum absolute atomic E-state index is 0.218. The van der Waals surface area contributed by atoms with Crippen LogP contribution >= 0.6 is 0 Å². The van der Waals surface area contributed by atoms with Crippen LogP contribution in [0.5, 0.6) is 5.75 Å². The average Bonchev–Trinajstić information content (AvgIpc) is 2.28. The standard InChI is InChI=1S/C14H19NO2/c1-9(2)10-3-4-13-12(7-10)11(5-6-17-13)8-14(15)16/h3-4,7,9,11H,5-6,8H2,1-2H3,(H2,15,16). The zero-order chi connectivity index (χ0) is 12.4. The molecule has 0 fully saturated rings. The predicted molar refractivity (Wildman–Crippen MR) is 67.2 cm³/mol. The first-order chi connectivity index (χ1) is 8.08. The Morgan fingerprint density at radius 3 is 2.94 bits per heavy atom. The Bertz CT molecular complexity index is 426. The Kier molecular flexibility index (Phi) is 3.36. The van der Waals surface area contributed by atoms with Crippen LogP contribution in [0.15, 0.2) is 18.2 Å². The average molecular weight is 233 g/mol. The van der Waals surface area contributed by atoms with Gasteiger partial charge in [-0.05, 0) is 35.4 Å². The van der Waals surface area contributed by atoms with Crippen molar-refractivity contribution < 1.29 is 9.53 Å². The number of carbonyl (C=O) groups excluding carboxylic acids is 1. The van der Waals surface area contributed by atoms with Gasteiger partial charge in [-0.1, -0.05) is 26.0 Å². The van der Waals surface area contributed by atoms with E-state index < -0.39 is 0 Å². The third kappa shape index (κ3) is 2.60. The lowest BCUT2D eigenvalue weighted by Crippen LogP contribution is -2.21. The van der Waals surface area contributed by atoms with Crippen molar-refractivity contribution in [1.29, 1.82) is 0 Å². The Morgan fingerprint density at radius 2 is 2.29 bits per heavy atom. The summed E-state index contributed by atoms with van der Waals surface area (Å²) >= 11 is 0. The molecular weight excluding hydrogens is 214 g/mol. The number of nitrogens with two attached hydrogens (primary N) is 1. The molecule has 1 amide bonds. The van der Waals surface area contributed by atoms with E-state index in [1.54, 1.807) is 0 Å². The number of amides is 1. The van der Waals surface area contributed by atoms with Gasteiger partial charge in [0.25, 0.3) is 0 Å². The summed E-state index contributed by atoms with van der Waals surface area (Å²) in [5, 5.41) is 0. The van der Waals surface area contributed by atoms with Crippen molar-refractivity contribution in [2.45, 2.75) is 38.5 Å². The molecule has 0 aromatic heterocycles. The summed E-state index contributed by atoms with van der Waals surface area (Å²) in [6.07, 6.45) is 1.29. The molecule has 2 rings (SSSR count). The molecule has 1 unspecified atom stereocenters. The van der Waals surface area contributed by atoms with E-state index in [1.807, 2.05) is 6.07 Å². The van der Waals surface area contributed by atoms with E-state index in [2.05, 4.69) is 26.0 Å². The molecule has 1 aromatic carbocycles. The first kappa shape index (κ1) is 12.0. The summed E-state index contributed by atoms with van der Waals surface area (Å²) in [6.45, 7) is 5.00. The summed E-state index contributed by atoms with van der Waals surface area (Å²) in [5.74, 6) is 1.37. The molecule has 1 aromatic rings. The SMILES string of the molecule is CC(C)c1ccc2c(c1)C(CC(N)=O)CCO2. The summed E-state index contributed by atoms with van der Waals surface area (Å²) < 4.78 is 5.62. The van der Waals surface area contributed by atoms with Crippen LogP contribution in [0.3, 0.4) is 0 Å². The van der Waals surface area contributed by atoms with Crippen LogP contribution in [-0.2, 0) is 4.79 Å². The van der Waals surface area contributed by atoms with Crippen LogP contribution in [0, 0.1) is 0 Å². The summed E-state index contributed by atoms with van der Waals surface area (Å²) in [5.41, 5.74) is 7.72. The molecule has 3 nitrogen and oxygen atoms in total. The van der Waals surface area contributed by atoms with E-state index in [4.69, 9.17) is 10.5 Å². The highest BCUT2D eigenvalue weighted by atomic mass is 16.5. The Balaban J connectivity index is 2.33. The van der Waals surface area contributed by atoms with Crippen molar-refractivity contribution in [2.24, 2.45) is 5.73 Å². The Hall–Kier alpha value is -1.51. The quantitative estimate of drug-likeness (QED) is 0.872. The van der Waals surface area contributed by atoms with Crippen molar-refractivity contribution in [3.8, 4) is 5.75 Å². The fourth-order valence-corrected chi connectivity index (χ4v) is 2.30. The van der Waals surface area contributed by atoms with E-state index >= 15 is 0 Å². The van der Waals surface area contributed by atoms with E-state index in [0.29, 0.717) is 18.9 Å². The predicted octanol–water partition coefficient (Wildman–Crippen LogP) is 2.55. The molecule has 1 aliphatic rings. The first-order valence-corrected chi connectivity index (χ1v) is 6.13. The van der Waals surface area contributed by atoms with Crippen LogP contribution in [-0.4, -0.2) is 12.5 Å². The highest BCUT2D eigenvalue weighted by Gasteiger charge is 2.23. The molecule has 1 atom stereocenters. The van der Waals surface area contributed by atoms with Crippen LogP contribution in [0.1, 0.15) is 49.7 Å². The van der Waals surface area contributed by atoms with Gasteiger partial charge in [0.15, 0.2) is 0 Å². The smallest absolute Gasteiger partial charge is 0.218 e. The van der Waals surface area contributed by atoms with Gasteiger partial charge in [-0.15, -0.1) is 0 Å². The molecule has 2 N–H and O–H groups in total. The molecule has 0 saturated carbocycles. The molecule has 92 valence electrons. The van der Waals surface area contributed by atoms with Crippen molar-refractivity contribution >= 4 is 5.91 Å². The van der Waals surface area contributed by atoms with Gasteiger partial charge in [0.05, 0.1) is 6.61 Å². The zero-order valence-corrected chi connectivity index (χ0v) is 10.4. The fourth-order valence-electron chi connectivity index (χ4n) is 2.30. The highest BCUT2D eigenvalue weighted by molar-refractivity contribution is 5.75. The molecule has 17 heavy (non-hydrogen) atoms. The minimum atomic E-state index is -0.238. The summed E-state index contributed by atoms with van der Waals surface area (Å²) in [6, 6.07) is 6.26. The normalized spacial score (nSPS) is 18.6. The molecule has 1 heterocycles. The van der Waals surface area contributed by atoms with Crippen LogP contribution < -0.4 is 10.5 Å². The van der Waals surface area contributed by atoms with Crippen molar-refractivity contribution in [3.05, 3.63) is 29.3 Å². The molecule has 1 aliphatic heterocycles. The lowest BCUT2D eigenvalue weighted by Gasteiger charge is -2.26. The maximum absolute atomic E-state index is 11.1. The van der Waals surface area contributed by atoms with Crippen molar-refractivity contribution in [3.63, 3.8) is 0 Å². The van der Waals surface area contributed by atoms with E-state index in [0.717, 1.165) is 17.7 Å². The molecule has 0 bridgehead atoms. The van der Waals surface area contributed by atoms with Gasteiger partial charge in [-0.3, -0.25) is 4.79 Å². The van der Waals surface area contributed by atoms with E-state index in [9.17, 15) is 4.79 Å². The molecule has 0 spiro atoms. The maximum atomic E-state index is 11.1. The third-order valence-electron chi connectivity index (χ3n) is 3.31. The molecule has 0 aliphatic carbocycles. The topological polar surface area (TPSA) is 52.3 Å². The second-order valence-electron chi connectivity index (χ2n) is 4.96. The van der Waals surface area contributed by atoms with E-state index in [-0.39, 0.29) is 11.8 Å². The molecule has 3 heteroatoms. The molecular formula is C14H19NO2. The number of ether oxygens (including phenoxy) is 1. The summed E-state index contributed by atoms with van der Waals surface area (Å²) in [7, 11) is 0. The van der Waals surface area contributed by atoms with Gasteiger partial charge in [0.1, 0.15) is 5.75 Å². The van der Waals surface area contributed by atoms with Crippen molar-refractivity contribution in [2.75, 3.05) is 6.61 Å². The van der Waals surface area contributed by atoms with Crippen molar-refractivity contribution in [1.82, 2.24) is 0 Å². The molecule has 0 saturated heterocycles. The number of hydrogen-bond donors (Lipinski definition) is 1. The fraction of sp³-hybridized carbons (Fsp3) is 0.500. The maximum Gasteiger partial charge on any atom is 0.218 e. The number of rotatable bonds is 3. The second kappa shape index (κ2) is 4.78. The van der Waals surface area contributed by atoms with Gasteiger partial charge in [0, 0.05) is 6.42 Å². The number of primary amides is 1. The lowest BCUT2D eigenvalue weighted by molar-refractivity contribution is -0.118. The van der Waals surface area contributed by atoms with Gasteiger partial charge in [-0.2, -0.15) is 0 Å². The highest BCUT2D eigenvalue weighted by Crippen LogP contribution is 2.37. The number of hydrogen-bond acceptors (Lipinski definition) is 2. The number of benzene rings is 1. The van der Waals surface area contributed by atoms with Gasteiger partial charge in [0.2, 0.25) is 5.91 Å². The second-order valence-corrected chi connectivity index (χ2v) is 4.96. The monoisotopic (exact) mass is 233 g/mol. The Morgan fingerprint density at radius 1 is 1.53 bits per heavy atom. The Labute approximate surface area is 102 Å². The molecule has 0 radical (unpaired) electrons. The van der Waals surface area contributed by atoms with Crippen LogP contribution in [0.4, 0.5) is 0 Å².